The fourth-order valence-electron chi connectivity index (χ4n) is 1.96. The number of rotatable bonds is 4. The number of ketones is 1. The summed E-state index contributed by atoms with van der Waals surface area (Å²) in [5.41, 5.74) is 1.51. The molecule has 0 atom stereocenters. The summed E-state index contributed by atoms with van der Waals surface area (Å²) >= 11 is 0. The number of carbonyl (C=O) groups is 1. The Morgan fingerprint density at radius 2 is 1.74 bits per heavy atom. The molecule has 0 aliphatic heterocycles. The molecular formula is C16H15FO2. The van der Waals surface area contributed by atoms with Crippen LogP contribution in [-0.2, 0) is 6.42 Å². The molecule has 0 saturated heterocycles. The van der Waals surface area contributed by atoms with Gasteiger partial charge in [0.2, 0.25) is 0 Å². The smallest absolute Gasteiger partial charge is 0.193 e. The van der Waals surface area contributed by atoms with Gasteiger partial charge in [0.25, 0.3) is 0 Å². The first kappa shape index (κ1) is 13.3. The zero-order valence-electron chi connectivity index (χ0n) is 10.7. The minimum atomic E-state index is -0.274. The standard InChI is InChI=1S/C16H15FO2/c1-2-3-12-10-13(6-9-15(12)17)16(19)11-4-7-14(18)8-5-11/h4-10,18H,2-3H2,1H3. The van der Waals surface area contributed by atoms with E-state index in [9.17, 15) is 14.3 Å². The molecule has 0 radical (unpaired) electrons. The van der Waals surface area contributed by atoms with Gasteiger partial charge in [-0.25, -0.2) is 4.39 Å². The van der Waals surface area contributed by atoms with Gasteiger partial charge in [-0.1, -0.05) is 13.3 Å². The summed E-state index contributed by atoms with van der Waals surface area (Å²) in [7, 11) is 0. The van der Waals surface area contributed by atoms with Crippen molar-refractivity contribution in [2.24, 2.45) is 0 Å². The minimum absolute atomic E-state index is 0.113. The van der Waals surface area contributed by atoms with E-state index >= 15 is 0 Å². The number of hydrogen-bond acceptors (Lipinski definition) is 2. The maximum atomic E-state index is 13.5. The Morgan fingerprint density at radius 3 is 2.37 bits per heavy atom. The van der Waals surface area contributed by atoms with Crippen LogP contribution in [0.3, 0.4) is 0 Å². The van der Waals surface area contributed by atoms with Gasteiger partial charge >= 0.3 is 0 Å². The fraction of sp³-hybridized carbons (Fsp3) is 0.188. The summed E-state index contributed by atoms with van der Waals surface area (Å²) in [6, 6.07) is 10.5. The van der Waals surface area contributed by atoms with Crippen molar-refractivity contribution in [1.29, 1.82) is 0 Å². The lowest BCUT2D eigenvalue weighted by molar-refractivity contribution is 0.103. The van der Waals surface area contributed by atoms with Gasteiger partial charge in [0.1, 0.15) is 11.6 Å². The second-order valence-corrected chi connectivity index (χ2v) is 4.43. The lowest BCUT2D eigenvalue weighted by Gasteiger charge is -2.06. The lowest BCUT2D eigenvalue weighted by atomic mass is 9.99. The highest BCUT2D eigenvalue weighted by Gasteiger charge is 2.11. The zero-order chi connectivity index (χ0) is 13.8. The molecule has 2 nitrogen and oxygen atoms in total. The number of phenolic OH excluding ortho intramolecular Hbond substituents is 1. The van der Waals surface area contributed by atoms with Crippen molar-refractivity contribution in [3.63, 3.8) is 0 Å². The van der Waals surface area contributed by atoms with Gasteiger partial charge < -0.3 is 5.11 Å². The van der Waals surface area contributed by atoms with E-state index in [1.54, 1.807) is 18.2 Å². The highest BCUT2D eigenvalue weighted by Crippen LogP contribution is 2.17. The van der Waals surface area contributed by atoms with E-state index in [1.165, 1.54) is 24.3 Å². The molecule has 0 aromatic heterocycles. The number of aromatic hydroxyl groups is 1. The second-order valence-electron chi connectivity index (χ2n) is 4.43. The Labute approximate surface area is 111 Å². The van der Waals surface area contributed by atoms with Crippen LogP contribution in [-0.4, -0.2) is 10.9 Å². The first-order valence-electron chi connectivity index (χ1n) is 6.24. The Kier molecular flexibility index (Phi) is 3.95. The van der Waals surface area contributed by atoms with E-state index in [0.717, 1.165) is 6.42 Å². The maximum absolute atomic E-state index is 13.5. The molecule has 0 fully saturated rings. The molecule has 2 aromatic carbocycles. The van der Waals surface area contributed by atoms with Gasteiger partial charge in [0.05, 0.1) is 0 Å². The van der Waals surface area contributed by atoms with E-state index in [4.69, 9.17) is 0 Å². The summed E-state index contributed by atoms with van der Waals surface area (Å²) in [5, 5.41) is 9.20. The van der Waals surface area contributed by atoms with Crippen LogP contribution in [0.2, 0.25) is 0 Å². The quantitative estimate of drug-likeness (QED) is 0.849. The van der Waals surface area contributed by atoms with Gasteiger partial charge in [0, 0.05) is 11.1 Å². The van der Waals surface area contributed by atoms with Crippen molar-refractivity contribution in [1.82, 2.24) is 0 Å². The van der Waals surface area contributed by atoms with Gasteiger partial charge in [-0.3, -0.25) is 4.79 Å². The normalized spacial score (nSPS) is 10.4. The van der Waals surface area contributed by atoms with Crippen LogP contribution in [0.1, 0.15) is 34.8 Å². The van der Waals surface area contributed by atoms with E-state index in [2.05, 4.69) is 0 Å². The fourth-order valence-corrected chi connectivity index (χ4v) is 1.96. The van der Waals surface area contributed by atoms with Crippen LogP contribution in [0.15, 0.2) is 42.5 Å². The predicted octanol–water partition coefficient (Wildman–Crippen LogP) is 3.71. The predicted molar refractivity (Wildman–Crippen MR) is 71.9 cm³/mol. The highest BCUT2D eigenvalue weighted by molar-refractivity contribution is 6.09. The average molecular weight is 258 g/mol. The largest absolute Gasteiger partial charge is 0.508 e. The second kappa shape index (κ2) is 5.65. The third-order valence-corrected chi connectivity index (χ3v) is 2.96. The molecule has 0 heterocycles. The minimum Gasteiger partial charge on any atom is -0.508 e. The molecule has 0 bridgehead atoms. The van der Waals surface area contributed by atoms with Gasteiger partial charge in [-0.15, -0.1) is 0 Å². The number of phenols is 1. The Morgan fingerprint density at radius 1 is 1.11 bits per heavy atom. The van der Waals surface area contributed by atoms with E-state index < -0.39 is 0 Å². The third kappa shape index (κ3) is 2.99. The molecule has 2 rings (SSSR count). The molecule has 19 heavy (non-hydrogen) atoms. The number of carbonyl (C=O) groups excluding carboxylic acids is 1. The van der Waals surface area contributed by atoms with Gasteiger partial charge in [-0.2, -0.15) is 0 Å². The average Bonchev–Trinajstić information content (AvgIpc) is 2.41. The molecule has 3 heteroatoms. The van der Waals surface area contributed by atoms with Crippen LogP contribution >= 0.6 is 0 Å². The van der Waals surface area contributed by atoms with Crippen LogP contribution in [0.4, 0.5) is 4.39 Å². The molecule has 98 valence electrons. The molecule has 0 unspecified atom stereocenters. The van der Waals surface area contributed by atoms with Gasteiger partial charge in [0.15, 0.2) is 5.78 Å². The number of benzene rings is 2. The molecule has 1 N–H and O–H groups in total. The van der Waals surface area contributed by atoms with Crippen molar-refractivity contribution in [3.8, 4) is 5.75 Å². The maximum Gasteiger partial charge on any atom is 0.193 e. The first-order valence-corrected chi connectivity index (χ1v) is 6.24. The number of aryl methyl sites for hydroxylation is 1. The number of halogens is 1. The van der Waals surface area contributed by atoms with Crippen molar-refractivity contribution in [2.75, 3.05) is 0 Å². The SMILES string of the molecule is CCCc1cc(C(=O)c2ccc(O)cc2)ccc1F. The Balaban J connectivity index is 2.33. The van der Waals surface area contributed by atoms with E-state index in [1.807, 2.05) is 6.92 Å². The molecule has 0 aliphatic rings. The third-order valence-electron chi connectivity index (χ3n) is 2.96. The molecule has 0 aliphatic carbocycles. The summed E-state index contributed by atoms with van der Waals surface area (Å²) in [6.45, 7) is 1.97. The molecular weight excluding hydrogens is 243 g/mol. The van der Waals surface area contributed by atoms with Crippen molar-refractivity contribution in [3.05, 3.63) is 65.0 Å². The topological polar surface area (TPSA) is 37.3 Å². The van der Waals surface area contributed by atoms with Crippen LogP contribution in [0.25, 0.3) is 0 Å². The molecule has 0 saturated carbocycles. The summed E-state index contributed by atoms with van der Waals surface area (Å²) in [5.74, 6) is -0.330. The van der Waals surface area contributed by atoms with Crippen molar-refractivity contribution >= 4 is 5.78 Å². The lowest BCUT2D eigenvalue weighted by Crippen LogP contribution is -2.03. The monoisotopic (exact) mass is 258 g/mol. The summed E-state index contributed by atoms with van der Waals surface area (Å²) in [4.78, 5) is 12.2. The number of hydrogen-bond donors (Lipinski definition) is 1. The van der Waals surface area contributed by atoms with Gasteiger partial charge in [-0.05, 0) is 54.4 Å². The molecule has 2 aromatic rings. The van der Waals surface area contributed by atoms with E-state index in [-0.39, 0.29) is 17.3 Å². The zero-order valence-corrected chi connectivity index (χ0v) is 10.7. The van der Waals surface area contributed by atoms with Crippen molar-refractivity contribution in [2.45, 2.75) is 19.8 Å². The summed E-state index contributed by atoms with van der Waals surface area (Å²) < 4.78 is 13.5. The van der Waals surface area contributed by atoms with Crippen molar-refractivity contribution < 1.29 is 14.3 Å². The van der Waals surface area contributed by atoms with Crippen LogP contribution < -0.4 is 0 Å². The highest BCUT2D eigenvalue weighted by atomic mass is 19.1. The van der Waals surface area contributed by atoms with Crippen LogP contribution in [0.5, 0.6) is 5.75 Å². The first-order chi connectivity index (χ1) is 9.11. The Bertz CT molecular complexity index is 588. The van der Waals surface area contributed by atoms with E-state index in [0.29, 0.717) is 23.1 Å². The molecule has 0 spiro atoms. The van der Waals surface area contributed by atoms with Crippen LogP contribution in [0, 0.1) is 5.82 Å². The Hall–Kier alpha value is -2.16. The molecule has 0 amide bonds. The summed E-state index contributed by atoms with van der Waals surface area (Å²) in [6.07, 6.45) is 1.44.